The highest BCUT2D eigenvalue weighted by atomic mass is 35.5. The fourth-order valence-corrected chi connectivity index (χ4v) is 4.79. The Kier molecular flexibility index (Phi) is 5.16. The third-order valence-electron chi connectivity index (χ3n) is 6.17. The minimum atomic E-state index is 0.123. The van der Waals surface area contributed by atoms with E-state index in [-0.39, 0.29) is 11.8 Å². The van der Waals surface area contributed by atoms with E-state index in [9.17, 15) is 5.26 Å². The van der Waals surface area contributed by atoms with Gasteiger partial charge >= 0.3 is 0 Å². The summed E-state index contributed by atoms with van der Waals surface area (Å²) in [5, 5.41) is 11.0. The first kappa shape index (κ1) is 19.7. The van der Waals surface area contributed by atoms with Gasteiger partial charge in [0, 0.05) is 30.6 Å². The molecule has 1 atom stereocenters. The van der Waals surface area contributed by atoms with Gasteiger partial charge in [-0.05, 0) is 48.9 Å². The van der Waals surface area contributed by atoms with E-state index in [2.05, 4.69) is 43.9 Å². The number of nitrogens with zero attached hydrogens (tertiary/aromatic N) is 6. The number of hydrogen-bond donors (Lipinski definition) is 1. The average Bonchev–Trinajstić information content (AvgIpc) is 3.29. The molecule has 4 aromatic rings. The maximum Gasteiger partial charge on any atom is 0.180 e. The molecule has 31 heavy (non-hydrogen) atoms. The Hall–Kier alpha value is -3.24. The number of rotatable bonds is 4. The lowest BCUT2D eigenvalue weighted by molar-refractivity contribution is 0.487. The van der Waals surface area contributed by atoms with Crippen LogP contribution in [0, 0.1) is 17.2 Å². The molecule has 1 saturated heterocycles. The van der Waals surface area contributed by atoms with Crippen LogP contribution in [0.4, 0.5) is 5.69 Å². The van der Waals surface area contributed by atoms with E-state index in [0.717, 1.165) is 65.7 Å². The standard InChI is InChI=1S/C23H22ClN7/c1-14(9-19-21-23(29-12-27-19)30-13-28-21)17-10-18(24)16-3-2-6-26-20(16)22(17)31-7-4-15(11-25)5-8-31/h2-3,6,10,12-15H,4-5,7-9H2,1H3,(H,27,28,29,30). The Morgan fingerprint density at radius 1 is 1.26 bits per heavy atom. The van der Waals surface area contributed by atoms with Crippen molar-refractivity contribution in [1.29, 1.82) is 5.26 Å². The van der Waals surface area contributed by atoms with E-state index in [1.54, 1.807) is 12.7 Å². The van der Waals surface area contributed by atoms with E-state index in [1.165, 1.54) is 0 Å². The molecule has 8 heteroatoms. The average molecular weight is 432 g/mol. The SMILES string of the molecule is CC(Cc1ncnc2nc[nH]c12)c1cc(Cl)c2cccnc2c1N1CCC(C#N)CC1. The summed E-state index contributed by atoms with van der Waals surface area (Å²) in [6.45, 7) is 3.86. The molecule has 4 heterocycles. The van der Waals surface area contributed by atoms with Crippen molar-refractivity contribution in [3.63, 3.8) is 0 Å². The first-order valence-electron chi connectivity index (χ1n) is 10.5. The van der Waals surface area contributed by atoms with E-state index in [1.807, 2.05) is 18.3 Å². The molecule has 1 fully saturated rings. The zero-order chi connectivity index (χ0) is 21.4. The van der Waals surface area contributed by atoms with Gasteiger partial charge in [-0.3, -0.25) is 4.98 Å². The number of imidazole rings is 1. The van der Waals surface area contributed by atoms with Crippen molar-refractivity contribution in [3.05, 3.63) is 53.3 Å². The predicted octanol–water partition coefficient (Wildman–Crippen LogP) is 4.64. The zero-order valence-corrected chi connectivity index (χ0v) is 18.0. The Morgan fingerprint density at radius 3 is 2.90 bits per heavy atom. The van der Waals surface area contributed by atoms with Crippen LogP contribution in [-0.4, -0.2) is 38.0 Å². The minimum absolute atomic E-state index is 0.123. The number of anilines is 1. The molecule has 0 aliphatic carbocycles. The monoisotopic (exact) mass is 431 g/mol. The van der Waals surface area contributed by atoms with Crippen LogP contribution in [0.2, 0.25) is 5.02 Å². The first-order valence-corrected chi connectivity index (χ1v) is 10.9. The summed E-state index contributed by atoms with van der Waals surface area (Å²) < 4.78 is 0. The number of fused-ring (bicyclic) bond motifs is 2. The molecule has 1 aliphatic rings. The van der Waals surface area contributed by atoms with Crippen LogP contribution >= 0.6 is 11.6 Å². The molecular weight excluding hydrogens is 410 g/mol. The van der Waals surface area contributed by atoms with Gasteiger partial charge in [-0.2, -0.15) is 5.26 Å². The summed E-state index contributed by atoms with van der Waals surface area (Å²) in [4.78, 5) is 23.2. The summed E-state index contributed by atoms with van der Waals surface area (Å²) in [6.07, 6.45) is 7.47. The Balaban J connectivity index is 1.59. The Labute approximate surface area is 185 Å². The van der Waals surface area contributed by atoms with Gasteiger partial charge in [0.1, 0.15) is 11.8 Å². The second kappa shape index (κ2) is 8.12. The van der Waals surface area contributed by atoms with Crippen molar-refractivity contribution in [1.82, 2.24) is 24.9 Å². The summed E-state index contributed by atoms with van der Waals surface area (Å²) in [6, 6.07) is 8.43. The van der Waals surface area contributed by atoms with Crippen LogP contribution < -0.4 is 4.90 Å². The molecule has 0 bridgehead atoms. The number of halogens is 1. The van der Waals surface area contributed by atoms with E-state index in [4.69, 9.17) is 16.6 Å². The molecule has 7 nitrogen and oxygen atoms in total. The lowest BCUT2D eigenvalue weighted by atomic mass is 9.90. The minimum Gasteiger partial charge on any atom is -0.369 e. The molecule has 1 aromatic carbocycles. The third kappa shape index (κ3) is 3.57. The number of H-pyrrole nitrogens is 1. The maximum atomic E-state index is 9.31. The van der Waals surface area contributed by atoms with Gasteiger partial charge in [-0.1, -0.05) is 18.5 Å². The number of pyridine rings is 1. The molecule has 5 rings (SSSR count). The van der Waals surface area contributed by atoms with Gasteiger partial charge in [0.15, 0.2) is 5.65 Å². The normalized spacial score (nSPS) is 16.0. The van der Waals surface area contributed by atoms with Crippen LogP contribution in [0.1, 0.15) is 36.9 Å². The van der Waals surface area contributed by atoms with Gasteiger partial charge in [-0.25, -0.2) is 15.0 Å². The Morgan fingerprint density at radius 2 is 2.10 bits per heavy atom. The van der Waals surface area contributed by atoms with Crippen LogP contribution in [-0.2, 0) is 6.42 Å². The second-order valence-corrected chi connectivity index (χ2v) is 8.52. The van der Waals surface area contributed by atoms with Crippen molar-refractivity contribution in [3.8, 4) is 6.07 Å². The third-order valence-corrected chi connectivity index (χ3v) is 6.48. The topological polar surface area (TPSA) is 94.4 Å². The van der Waals surface area contributed by atoms with Crippen LogP contribution in [0.5, 0.6) is 0 Å². The smallest absolute Gasteiger partial charge is 0.180 e. The molecule has 1 aliphatic heterocycles. The van der Waals surface area contributed by atoms with E-state index in [0.29, 0.717) is 10.7 Å². The molecule has 0 amide bonds. The predicted molar refractivity (Wildman–Crippen MR) is 121 cm³/mol. The Bertz CT molecular complexity index is 1280. The summed E-state index contributed by atoms with van der Waals surface area (Å²) >= 11 is 6.70. The second-order valence-electron chi connectivity index (χ2n) is 8.11. The highest BCUT2D eigenvalue weighted by Crippen LogP contribution is 2.40. The van der Waals surface area contributed by atoms with Crippen molar-refractivity contribution >= 4 is 39.4 Å². The summed E-state index contributed by atoms with van der Waals surface area (Å²) in [5.41, 5.74) is 5.67. The number of nitrogens with one attached hydrogen (secondary N) is 1. The van der Waals surface area contributed by atoms with Crippen LogP contribution in [0.15, 0.2) is 37.1 Å². The first-order chi connectivity index (χ1) is 15.2. The van der Waals surface area contributed by atoms with E-state index >= 15 is 0 Å². The quantitative estimate of drug-likeness (QED) is 0.505. The molecule has 0 saturated carbocycles. The number of nitriles is 1. The highest BCUT2D eigenvalue weighted by Gasteiger charge is 2.26. The number of piperidine rings is 1. The van der Waals surface area contributed by atoms with Crippen molar-refractivity contribution in [2.45, 2.75) is 32.1 Å². The van der Waals surface area contributed by atoms with Gasteiger partial charge in [0.25, 0.3) is 0 Å². The van der Waals surface area contributed by atoms with E-state index < -0.39 is 0 Å². The van der Waals surface area contributed by atoms with Crippen LogP contribution in [0.25, 0.3) is 22.1 Å². The molecule has 1 N–H and O–H groups in total. The number of hydrogen-bond acceptors (Lipinski definition) is 6. The van der Waals surface area contributed by atoms with Crippen molar-refractivity contribution in [2.24, 2.45) is 5.92 Å². The zero-order valence-electron chi connectivity index (χ0n) is 17.2. The van der Waals surface area contributed by atoms with Gasteiger partial charge in [0.2, 0.25) is 0 Å². The number of aromatic nitrogens is 5. The highest BCUT2D eigenvalue weighted by molar-refractivity contribution is 6.36. The molecule has 1 unspecified atom stereocenters. The lowest BCUT2D eigenvalue weighted by Gasteiger charge is -2.34. The van der Waals surface area contributed by atoms with Crippen LogP contribution in [0.3, 0.4) is 0 Å². The fraction of sp³-hybridized carbons (Fsp3) is 0.348. The fourth-order valence-electron chi connectivity index (χ4n) is 4.52. The molecule has 0 spiro atoms. The van der Waals surface area contributed by atoms with Crippen molar-refractivity contribution < 1.29 is 0 Å². The molecule has 156 valence electrons. The molecule has 3 aromatic heterocycles. The van der Waals surface area contributed by atoms with Crippen molar-refractivity contribution in [2.75, 3.05) is 18.0 Å². The maximum absolute atomic E-state index is 9.31. The van der Waals surface area contributed by atoms with Gasteiger partial charge < -0.3 is 9.88 Å². The molecule has 0 radical (unpaired) electrons. The summed E-state index contributed by atoms with van der Waals surface area (Å²) in [7, 11) is 0. The number of aromatic amines is 1. The molecular formula is C23H22ClN7. The summed E-state index contributed by atoms with van der Waals surface area (Å²) in [5.74, 6) is 0.271. The lowest BCUT2D eigenvalue weighted by Crippen LogP contribution is -2.34. The van der Waals surface area contributed by atoms with Gasteiger partial charge in [-0.15, -0.1) is 0 Å². The van der Waals surface area contributed by atoms with Gasteiger partial charge in [0.05, 0.1) is 34.3 Å². The largest absolute Gasteiger partial charge is 0.369 e. The number of benzene rings is 1.